The van der Waals surface area contributed by atoms with Crippen molar-refractivity contribution in [3.8, 4) is 0 Å². The third-order valence-electron chi connectivity index (χ3n) is 2.07. The highest BCUT2D eigenvalue weighted by Crippen LogP contribution is 2.02. The lowest BCUT2D eigenvalue weighted by Crippen LogP contribution is -2.34. The average molecular weight is 269 g/mol. The molecule has 0 bridgehead atoms. The number of rotatable bonds is 5. The molecule has 17 heavy (non-hydrogen) atoms. The van der Waals surface area contributed by atoms with Gasteiger partial charge in [0.25, 0.3) is 5.91 Å². The number of nitrogens with two attached hydrogens (primary N) is 1. The van der Waals surface area contributed by atoms with Crippen LogP contribution in [0.3, 0.4) is 0 Å². The predicted octanol–water partition coefficient (Wildman–Crippen LogP) is 1.20. The molecule has 1 atom stereocenters. The van der Waals surface area contributed by atoms with Crippen LogP contribution in [0.5, 0.6) is 0 Å². The van der Waals surface area contributed by atoms with E-state index in [2.05, 4.69) is 10.3 Å². The van der Waals surface area contributed by atoms with Crippen molar-refractivity contribution in [3.05, 3.63) is 29.6 Å². The Balaban J connectivity index is 2.66. The third kappa shape index (κ3) is 4.32. The molecule has 0 spiro atoms. The zero-order valence-corrected chi connectivity index (χ0v) is 11.4. The Kier molecular flexibility index (Phi) is 5.37. The standard InChI is InChI=1S/C11H15N3OS2/c1-7(6-17-2)14-11(15)9-4-3-8(5-13-9)10(12)16/h3-5,7H,6H2,1-2H3,(H2,12,16)(H,14,15). The molecule has 1 aromatic rings. The molecule has 1 rings (SSSR count). The molecule has 0 aliphatic heterocycles. The third-order valence-corrected chi connectivity index (χ3v) is 3.14. The van der Waals surface area contributed by atoms with E-state index >= 15 is 0 Å². The van der Waals surface area contributed by atoms with Gasteiger partial charge in [0, 0.05) is 23.6 Å². The number of pyridine rings is 1. The second-order valence-electron chi connectivity index (χ2n) is 3.63. The fourth-order valence-corrected chi connectivity index (χ4v) is 1.97. The lowest BCUT2D eigenvalue weighted by Gasteiger charge is -2.11. The van der Waals surface area contributed by atoms with Gasteiger partial charge in [-0.3, -0.25) is 9.78 Å². The molecule has 1 aromatic heterocycles. The van der Waals surface area contributed by atoms with Gasteiger partial charge in [0.15, 0.2) is 0 Å². The number of thioether (sulfide) groups is 1. The molecule has 0 aromatic carbocycles. The quantitative estimate of drug-likeness (QED) is 0.786. The number of thiocarbonyl (C=S) groups is 1. The first kappa shape index (κ1) is 13.9. The Bertz CT molecular complexity index is 406. The van der Waals surface area contributed by atoms with Crippen molar-refractivity contribution in [2.75, 3.05) is 12.0 Å². The maximum Gasteiger partial charge on any atom is 0.270 e. The van der Waals surface area contributed by atoms with E-state index in [1.807, 2.05) is 13.2 Å². The van der Waals surface area contributed by atoms with Crippen LogP contribution in [0.1, 0.15) is 23.0 Å². The topological polar surface area (TPSA) is 68.0 Å². The van der Waals surface area contributed by atoms with Gasteiger partial charge in [-0.25, -0.2) is 0 Å². The number of aromatic nitrogens is 1. The second kappa shape index (κ2) is 6.56. The molecule has 0 radical (unpaired) electrons. The minimum absolute atomic E-state index is 0.120. The second-order valence-corrected chi connectivity index (χ2v) is 4.98. The van der Waals surface area contributed by atoms with Gasteiger partial charge in [-0.2, -0.15) is 11.8 Å². The molecule has 0 aliphatic carbocycles. The molecule has 1 heterocycles. The van der Waals surface area contributed by atoms with Crippen LogP contribution < -0.4 is 11.1 Å². The largest absolute Gasteiger partial charge is 0.389 e. The number of carbonyl (C=O) groups excluding carboxylic acids is 1. The highest BCUT2D eigenvalue weighted by molar-refractivity contribution is 7.98. The zero-order valence-electron chi connectivity index (χ0n) is 9.77. The van der Waals surface area contributed by atoms with E-state index in [0.29, 0.717) is 11.3 Å². The Hall–Kier alpha value is -1.14. The normalized spacial score (nSPS) is 11.9. The SMILES string of the molecule is CSCC(C)NC(=O)c1ccc(C(N)=S)cn1. The van der Waals surface area contributed by atoms with Crippen LogP contribution in [0.4, 0.5) is 0 Å². The molecule has 0 aliphatic rings. The van der Waals surface area contributed by atoms with Crippen molar-refractivity contribution in [1.82, 2.24) is 10.3 Å². The summed E-state index contributed by atoms with van der Waals surface area (Å²) in [6.45, 7) is 1.96. The monoisotopic (exact) mass is 269 g/mol. The van der Waals surface area contributed by atoms with Crippen LogP contribution in [-0.2, 0) is 0 Å². The Morgan fingerprint density at radius 1 is 1.65 bits per heavy atom. The average Bonchev–Trinajstić information content (AvgIpc) is 2.29. The van der Waals surface area contributed by atoms with Crippen LogP contribution in [0.25, 0.3) is 0 Å². The fourth-order valence-electron chi connectivity index (χ4n) is 1.26. The van der Waals surface area contributed by atoms with Crippen molar-refractivity contribution in [2.45, 2.75) is 13.0 Å². The van der Waals surface area contributed by atoms with Crippen LogP contribution in [0.15, 0.2) is 18.3 Å². The predicted molar refractivity (Wildman–Crippen MR) is 75.4 cm³/mol. The Morgan fingerprint density at radius 2 is 2.35 bits per heavy atom. The van der Waals surface area contributed by atoms with Crippen molar-refractivity contribution < 1.29 is 4.79 Å². The van der Waals surface area contributed by atoms with Crippen molar-refractivity contribution in [2.24, 2.45) is 5.73 Å². The summed E-state index contributed by atoms with van der Waals surface area (Å²) in [5.74, 6) is 0.692. The van der Waals surface area contributed by atoms with Crippen LogP contribution >= 0.6 is 24.0 Å². The van der Waals surface area contributed by atoms with Gasteiger partial charge in [-0.05, 0) is 25.3 Å². The summed E-state index contributed by atoms with van der Waals surface area (Å²) < 4.78 is 0. The molecule has 92 valence electrons. The summed E-state index contributed by atoms with van der Waals surface area (Å²) in [5.41, 5.74) is 6.48. The Labute approximate surface area is 110 Å². The summed E-state index contributed by atoms with van der Waals surface area (Å²) in [6.07, 6.45) is 3.51. The van der Waals surface area contributed by atoms with Gasteiger partial charge in [-0.15, -0.1) is 0 Å². The lowest BCUT2D eigenvalue weighted by atomic mass is 10.2. The summed E-state index contributed by atoms with van der Waals surface area (Å²) in [6, 6.07) is 3.44. The van der Waals surface area contributed by atoms with Gasteiger partial charge >= 0.3 is 0 Å². The number of hydrogen-bond donors (Lipinski definition) is 2. The van der Waals surface area contributed by atoms with E-state index in [-0.39, 0.29) is 16.9 Å². The molecule has 0 fully saturated rings. The molecule has 1 amide bonds. The van der Waals surface area contributed by atoms with Crippen molar-refractivity contribution in [1.29, 1.82) is 0 Å². The smallest absolute Gasteiger partial charge is 0.270 e. The molecular formula is C11H15N3OS2. The van der Waals surface area contributed by atoms with Gasteiger partial charge < -0.3 is 11.1 Å². The van der Waals surface area contributed by atoms with E-state index in [4.69, 9.17) is 18.0 Å². The minimum atomic E-state index is -0.180. The summed E-state index contributed by atoms with van der Waals surface area (Å²) in [7, 11) is 0. The first-order chi connectivity index (χ1) is 8.04. The fraction of sp³-hybridized carbons (Fsp3) is 0.364. The number of hydrogen-bond acceptors (Lipinski definition) is 4. The number of carbonyl (C=O) groups is 1. The van der Waals surface area contributed by atoms with Gasteiger partial charge in [0.2, 0.25) is 0 Å². The lowest BCUT2D eigenvalue weighted by molar-refractivity contribution is 0.0939. The maximum absolute atomic E-state index is 11.8. The molecular weight excluding hydrogens is 254 g/mol. The van der Waals surface area contributed by atoms with Crippen LogP contribution in [0, 0.1) is 0 Å². The summed E-state index contributed by atoms with van der Waals surface area (Å²) in [4.78, 5) is 16.1. The zero-order chi connectivity index (χ0) is 12.8. The highest BCUT2D eigenvalue weighted by Gasteiger charge is 2.10. The molecule has 0 saturated carbocycles. The maximum atomic E-state index is 11.8. The highest BCUT2D eigenvalue weighted by atomic mass is 32.2. The van der Waals surface area contributed by atoms with Crippen molar-refractivity contribution in [3.63, 3.8) is 0 Å². The van der Waals surface area contributed by atoms with E-state index in [1.54, 1.807) is 23.9 Å². The van der Waals surface area contributed by atoms with E-state index < -0.39 is 0 Å². The van der Waals surface area contributed by atoms with E-state index in [0.717, 1.165) is 5.75 Å². The van der Waals surface area contributed by atoms with Crippen molar-refractivity contribution >= 4 is 34.9 Å². The molecule has 6 heteroatoms. The first-order valence-corrected chi connectivity index (χ1v) is 6.90. The minimum Gasteiger partial charge on any atom is -0.389 e. The first-order valence-electron chi connectivity index (χ1n) is 5.10. The van der Waals surface area contributed by atoms with Gasteiger partial charge in [0.1, 0.15) is 10.7 Å². The molecule has 1 unspecified atom stereocenters. The number of nitrogens with one attached hydrogen (secondary N) is 1. The van der Waals surface area contributed by atoms with Crippen LogP contribution in [-0.4, -0.2) is 33.9 Å². The van der Waals surface area contributed by atoms with E-state index in [1.165, 1.54) is 6.20 Å². The van der Waals surface area contributed by atoms with Gasteiger partial charge in [0.05, 0.1) is 0 Å². The van der Waals surface area contributed by atoms with E-state index in [9.17, 15) is 4.79 Å². The number of nitrogens with zero attached hydrogens (tertiary/aromatic N) is 1. The molecule has 3 N–H and O–H groups in total. The number of amides is 1. The van der Waals surface area contributed by atoms with Gasteiger partial charge in [-0.1, -0.05) is 12.2 Å². The summed E-state index contributed by atoms with van der Waals surface area (Å²) >= 11 is 6.49. The van der Waals surface area contributed by atoms with Crippen LogP contribution in [0.2, 0.25) is 0 Å². The molecule has 0 saturated heterocycles. The molecule has 4 nitrogen and oxygen atoms in total. The summed E-state index contributed by atoms with van der Waals surface area (Å²) in [5, 5.41) is 2.86. The Morgan fingerprint density at radius 3 is 2.82 bits per heavy atom.